The van der Waals surface area contributed by atoms with Crippen LogP contribution in [0.1, 0.15) is 26.3 Å². The molecule has 0 saturated carbocycles. The third kappa shape index (κ3) is 4.35. The van der Waals surface area contributed by atoms with Crippen LogP contribution in [0.2, 0.25) is 0 Å². The van der Waals surface area contributed by atoms with E-state index in [0.29, 0.717) is 0 Å². The molecule has 0 amide bonds. The maximum absolute atomic E-state index is 9.59. The summed E-state index contributed by atoms with van der Waals surface area (Å²) in [6.45, 7) is 5.62. The molecule has 0 fully saturated rings. The maximum atomic E-state index is 9.59. The van der Waals surface area contributed by atoms with Gasteiger partial charge in [-0.05, 0) is 45.0 Å². The summed E-state index contributed by atoms with van der Waals surface area (Å²) < 4.78 is 5.30. The molecule has 0 spiro atoms. The van der Waals surface area contributed by atoms with E-state index in [-0.39, 0.29) is 0 Å². The zero-order chi connectivity index (χ0) is 12.2. The van der Waals surface area contributed by atoms with Crippen LogP contribution in [0.4, 0.5) is 5.69 Å². The van der Waals surface area contributed by atoms with Crippen molar-refractivity contribution in [3.8, 4) is 12.3 Å². The zero-order valence-corrected chi connectivity index (χ0v) is 9.82. The summed E-state index contributed by atoms with van der Waals surface area (Å²) in [7, 11) is 0. The number of hydrogen-bond acceptors (Lipinski definition) is 3. The molecule has 0 aromatic heterocycles. The van der Waals surface area contributed by atoms with E-state index in [2.05, 4.69) is 11.2 Å². The summed E-state index contributed by atoms with van der Waals surface area (Å²) in [6.07, 6.45) is 4.21. The minimum Gasteiger partial charge on any atom is -0.351 e. The third-order valence-electron chi connectivity index (χ3n) is 1.81. The minimum atomic E-state index is -1.03. The number of terminal acetylenes is 1. The van der Waals surface area contributed by atoms with Crippen LogP contribution in [0.15, 0.2) is 24.3 Å². The van der Waals surface area contributed by atoms with Crippen LogP contribution in [0.5, 0.6) is 0 Å². The van der Waals surface area contributed by atoms with Crippen LogP contribution in [0, 0.1) is 12.3 Å². The largest absolute Gasteiger partial charge is 0.351 e. The van der Waals surface area contributed by atoms with Crippen molar-refractivity contribution < 1.29 is 9.84 Å². The number of aliphatic hydroxyl groups is 1. The lowest BCUT2D eigenvalue weighted by Gasteiger charge is -2.24. The van der Waals surface area contributed by atoms with E-state index in [0.717, 1.165) is 11.3 Å². The number of anilines is 1. The van der Waals surface area contributed by atoms with Crippen molar-refractivity contribution in [3.63, 3.8) is 0 Å². The Morgan fingerprint density at radius 1 is 1.31 bits per heavy atom. The highest BCUT2D eigenvalue weighted by molar-refractivity contribution is 5.47. The zero-order valence-electron chi connectivity index (χ0n) is 9.82. The van der Waals surface area contributed by atoms with E-state index in [1.807, 2.05) is 20.8 Å². The standard InChI is InChI=1S/C13H17NO2/c1-5-10-6-8-11(9-7-10)14-12(15)16-13(2,3)4/h1,6-9,12,14-15H,2-4H3. The molecule has 1 unspecified atom stereocenters. The SMILES string of the molecule is C#Cc1ccc(NC(O)OC(C)(C)C)cc1. The van der Waals surface area contributed by atoms with Crippen molar-refractivity contribution in [1.82, 2.24) is 0 Å². The molecule has 3 heteroatoms. The predicted octanol–water partition coefficient (Wildman–Crippen LogP) is 2.17. The van der Waals surface area contributed by atoms with Crippen molar-refractivity contribution in [3.05, 3.63) is 29.8 Å². The van der Waals surface area contributed by atoms with Gasteiger partial charge in [-0.2, -0.15) is 0 Å². The van der Waals surface area contributed by atoms with Gasteiger partial charge in [-0.25, -0.2) is 0 Å². The van der Waals surface area contributed by atoms with Crippen LogP contribution >= 0.6 is 0 Å². The lowest BCUT2D eigenvalue weighted by Crippen LogP contribution is -2.32. The highest BCUT2D eigenvalue weighted by Crippen LogP contribution is 2.13. The molecule has 3 nitrogen and oxygen atoms in total. The van der Waals surface area contributed by atoms with E-state index in [1.54, 1.807) is 24.3 Å². The number of rotatable bonds is 3. The molecule has 0 aliphatic rings. The molecule has 1 rings (SSSR count). The fourth-order valence-electron chi connectivity index (χ4n) is 1.17. The fourth-order valence-corrected chi connectivity index (χ4v) is 1.17. The molecular weight excluding hydrogens is 202 g/mol. The monoisotopic (exact) mass is 219 g/mol. The Morgan fingerprint density at radius 2 is 1.88 bits per heavy atom. The van der Waals surface area contributed by atoms with Crippen molar-refractivity contribution in [2.45, 2.75) is 32.8 Å². The first kappa shape index (κ1) is 12.6. The average molecular weight is 219 g/mol. The lowest BCUT2D eigenvalue weighted by atomic mass is 10.2. The van der Waals surface area contributed by atoms with Crippen LogP contribution in [-0.2, 0) is 4.74 Å². The highest BCUT2D eigenvalue weighted by Gasteiger charge is 2.15. The molecule has 1 atom stereocenters. The molecule has 0 aliphatic carbocycles. The highest BCUT2D eigenvalue weighted by atomic mass is 16.6. The smallest absolute Gasteiger partial charge is 0.235 e. The van der Waals surface area contributed by atoms with Crippen molar-refractivity contribution in [2.24, 2.45) is 0 Å². The van der Waals surface area contributed by atoms with Gasteiger partial charge in [0, 0.05) is 11.3 Å². The fraction of sp³-hybridized carbons (Fsp3) is 0.385. The Kier molecular flexibility index (Phi) is 3.94. The first-order valence-electron chi connectivity index (χ1n) is 5.10. The van der Waals surface area contributed by atoms with Gasteiger partial charge in [0.25, 0.3) is 0 Å². The number of hydrogen-bond donors (Lipinski definition) is 2. The van der Waals surface area contributed by atoms with Gasteiger partial charge < -0.3 is 15.2 Å². The summed E-state index contributed by atoms with van der Waals surface area (Å²) in [5.74, 6) is 2.52. The molecule has 2 N–H and O–H groups in total. The Morgan fingerprint density at radius 3 is 2.31 bits per heavy atom. The van der Waals surface area contributed by atoms with Crippen LogP contribution in [0.3, 0.4) is 0 Å². The molecular formula is C13H17NO2. The first-order valence-corrected chi connectivity index (χ1v) is 5.10. The van der Waals surface area contributed by atoms with Crippen molar-refractivity contribution >= 4 is 5.69 Å². The summed E-state index contributed by atoms with van der Waals surface area (Å²) >= 11 is 0. The topological polar surface area (TPSA) is 41.5 Å². The first-order chi connectivity index (χ1) is 7.40. The number of nitrogens with one attached hydrogen (secondary N) is 1. The van der Waals surface area contributed by atoms with E-state index in [1.165, 1.54) is 0 Å². The van der Waals surface area contributed by atoms with E-state index < -0.39 is 12.0 Å². The van der Waals surface area contributed by atoms with Crippen LogP contribution in [-0.4, -0.2) is 17.1 Å². The summed E-state index contributed by atoms with van der Waals surface area (Å²) in [5.41, 5.74) is 1.16. The Labute approximate surface area is 96.4 Å². The second-order valence-corrected chi connectivity index (χ2v) is 4.45. The van der Waals surface area contributed by atoms with Gasteiger partial charge in [0.2, 0.25) is 6.41 Å². The van der Waals surface area contributed by atoms with E-state index >= 15 is 0 Å². The lowest BCUT2D eigenvalue weighted by molar-refractivity contribution is -0.148. The summed E-state index contributed by atoms with van der Waals surface area (Å²) in [6, 6.07) is 7.19. The van der Waals surface area contributed by atoms with Gasteiger partial charge in [-0.15, -0.1) is 6.42 Å². The van der Waals surface area contributed by atoms with Gasteiger partial charge >= 0.3 is 0 Å². The van der Waals surface area contributed by atoms with Gasteiger partial charge in [-0.3, -0.25) is 0 Å². The third-order valence-corrected chi connectivity index (χ3v) is 1.81. The van der Waals surface area contributed by atoms with Crippen LogP contribution < -0.4 is 5.32 Å². The average Bonchev–Trinajstić information content (AvgIpc) is 2.16. The van der Waals surface area contributed by atoms with Crippen molar-refractivity contribution in [2.75, 3.05) is 5.32 Å². The number of ether oxygens (including phenoxy) is 1. The Bertz CT molecular complexity index is 370. The molecule has 16 heavy (non-hydrogen) atoms. The molecule has 0 saturated heterocycles. The normalized spacial score (nSPS) is 12.9. The molecule has 86 valence electrons. The summed E-state index contributed by atoms with van der Waals surface area (Å²) in [5, 5.41) is 12.4. The number of aliphatic hydroxyl groups excluding tert-OH is 1. The second-order valence-electron chi connectivity index (χ2n) is 4.45. The Hall–Kier alpha value is -1.50. The molecule has 0 bridgehead atoms. The second kappa shape index (κ2) is 5.02. The maximum Gasteiger partial charge on any atom is 0.235 e. The number of benzene rings is 1. The van der Waals surface area contributed by atoms with Gasteiger partial charge in [0.15, 0.2) is 0 Å². The van der Waals surface area contributed by atoms with Crippen LogP contribution in [0.25, 0.3) is 0 Å². The van der Waals surface area contributed by atoms with Gasteiger partial charge in [-0.1, -0.05) is 5.92 Å². The molecule has 0 radical (unpaired) electrons. The molecule has 0 heterocycles. The summed E-state index contributed by atoms with van der Waals surface area (Å²) in [4.78, 5) is 0. The Balaban J connectivity index is 2.57. The minimum absolute atomic E-state index is 0.398. The van der Waals surface area contributed by atoms with Gasteiger partial charge in [0.05, 0.1) is 5.60 Å². The molecule has 1 aromatic rings. The van der Waals surface area contributed by atoms with Crippen molar-refractivity contribution in [1.29, 1.82) is 0 Å². The predicted molar refractivity (Wildman–Crippen MR) is 64.8 cm³/mol. The molecule has 1 aromatic carbocycles. The van der Waals surface area contributed by atoms with E-state index in [9.17, 15) is 5.11 Å². The van der Waals surface area contributed by atoms with Gasteiger partial charge in [0.1, 0.15) is 0 Å². The molecule has 0 aliphatic heterocycles. The van der Waals surface area contributed by atoms with E-state index in [4.69, 9.17) is 11.2 Å². The quantitative estimate of drug-likeness (QED) is 0.604.